The van der Waals surface area contributed by atoms with E-state index in [9.17, 15) is 53.2 Å². The van der Waals surface area contributed by atoms with Crippen LogP contribution in [0.3, 0.4) is 0 Å². The van der Waals surface area contributed by atoms with Crippen LogP contribution in [-0.4, -0.2) is 138 Å². The highest BCUT2D eigenvalue weighted by atomic mass is 31.2. The van der Waals surface area contributed by atoms with Crippen molar-refractivity contribution >= 4 is 83.1 Å². The number of allylic oxidation sites excluding steroid dienone is 4. The molecule has 90 heavy (non-hydrogen) atoms. The minimum absolute atomic E-state index is 0.0226. The molecule has 1 aromatic heterocycles. The normalized spacial score (nSPS) is 33.7. The number of carbonyl (C=O) groups excluding carboxylic acids is 7. The number of ether oxygens (including phenoxy) is 1. The summed E-state index contributed by atoms with van der Waals surface area (Å²) in [6.45, 7) is 19.3. The fourth-order valence-corrected chi connectivity index (χ4v) is 16.6. The summed E-state index contributed by atoms with van der Waals surface area (Å²) in [5.41, 5.74) is 36.9. The number of aliphatic imine (C=N–C) groups is 4. The summed E-state index contributed by atoms with van der Waals surface area (Å²) in [5, 5.41) is 24.6. The standard InChI is InChI=1S/C62H90N13O14P/c1-29-20-39-40(21-30(29)2)75(28-70-39)57-52(84)53(41(27-76)87-57)89-90(85,86)88-31(3)26-69-49(83)18-19-59(8)37(22-46(66)80)56-62(11)61(10,25-48(68)82)36(14-17-45(65)79)51(74-62)33(5)55-60(9,24-47(67)81)34(12-15-43(63)77)38(71-55)23-42-58(6,7)35(13-16-44(64)78)50(72-42)32(4)54(59)73-56/h20-21,28,31,34-37,41-42,52-53,57,76,84H,12-19,22-27H2,1-11H3,(H2,63,77)(H2,64,78)(H2,65,79)(H2,66,80)(H2,67,81)(H2,68,82)(H,69,83)(H,85,86)/b54-32-,55-33-/t31?,34?,35-,36-,37?,41-,42?,52-,53-,57-,59+,60+,61+,62+/m1/s1/i20+1,21+1,28+1,29+1,30+1,39+1,40+1. The van der Waals surface area contributed by atoms with E-state index in [-0.39, 0.29) is 83.6 Å². The van der Waals surface area contributed by atoms with Gasteiger partial charge in [0.05, 0.1) is 53.2 Å². The van der Waals surface area contributed by atoms with E-state index in [1.165, 1.54) is 13.3 Å². The molecular weight excluding hydrogens is 1190 g/mol. The first-order chi connectivity index (χ1) is 41.8. The molecule has 15 atom stereocenters. The molecule has 16 N–H and O–H groups in total. The average Bonchev–Trinajstić information content (AvgIpc) is 1.53. The van der Waals surface area contributed by atoms with Crippen LogP contribution in [0.15, 0.2) is 61.0 Å². The highest BCUT2D eigenvalue weighted by molar-refractivity contribution is 7.47. The number of nitrogens with two attached hydrogens (primary N) is 6. The molecule has 6 aliphatic heterocycles. The molecular formula is C62H90N13O14P. The van der Waals surface area contributed by atoms with Crippen LogP contribution in [0.5, 0.6) is 0 Å². The molecule has 6 aliphatic rings. The van der Waals surface area contributed by atoms with Gasteiger partial charge in [0, 0.05) is 115 Å². The summed E-state index contributed by atoms with van der Waals surface area (Å²) in [4.78, 5) is 131. The third-order valence-corrected chi connectivity index (χ3v) is 21.8. The number of imidazole rings is 1. The van der Waals surface area contributed by atoms with Gasteiger partial charge in [-0.15, -0.1) is 0 Å². The Morgan fingerprint density at radius 3 is 1.92 bits per heavy atom. The second kappa shape index (κ2) is 25.7. The lowest BCUT2D eigenvalue weighted by Gasteiger charge is -2.45. The number of aliphatic hydroxyl groups excluding tert-OH is 2. The molecule has 0 spiro atoms. The number of benzene rings is 1. The topological polar surface area (TPSA) is 460 Å². The lowest BCUT2D eigenvalue weighted by Crippen LogP contribution is -2.54. The fraction of sp³-hybridized carbons (Fsp3) is 0.645. The molecule has 8 bridgehead atoms. The van der Waals surface area contributed by atoms with Crippen molar-refractivity contribution in [2.45, 2.75) is 195 Å². The minimum Gasteiger partial charge on any atom is -0.394 e. The summed E-state index contributed by atoms with van der Waals surface area (Å²) in [6, 6.07) is 3.18. The number of aromatic nitrogens is 2. The summed E-state index contributed by atoms with van der Waals surface area (Å²) >= 11 is 0. The first-order valence-electron chi connectivity index (χ1n) is 30.7. The van der Waals surface area contributed by atoms with Crippen LogP contribution in [0.2, 0.25) is 0 Å². The van der Waals surface area contributed by atoms with Crippen LogP contribution in [0.25, 0.3) is 11.0 Å². The molecule has 0 saturated carbocycles. The van der Waals surface area contributed by atoms with Crippen molar-refractivity contribution in [1.82, 2.24) is 14.9 Å². The Kier molecular flexibility index (Phi) is 19.7. The van der Waals surface area contributed by atoms with E-state index in [0.717, 1.165) is 11.1 Å². The highest BCUT2D eigenvalue weighted by Crippen LogP contribution is 2.62. The van der Waals surface area contributed by atoms with Crippen LogP contribution in [0.1, 0.15) is 157 Å². The smallest absolute Gasteiger partial charge is 0.394 e. The van der Waals surface area contributed by atoms with Crippen molar-refractivity contribution in [3.8, 4) is 0 Å². The fourth-order valence-electron chi connectivity index (χ4n) is 15.5. The number of fused-ring (bicyclic) bond motifs is 6. The molecule has 0 radical (unpaired) electrons. The molecule has 492 valence electrons. The largest absolute Gasteiger partial charge is 0.472 e. The van der Waals surface area contributed by atoms with Gasteiger partial charge in [0.2, 0.25) is 41.4 Å². The van der Waals surface area contributed by atoms with Gasteiger partial charge >= 0.3 is 7.82 Å². The number of nitrogens with one attached hydrogen (secondary N) is 1. The van der Waals surface area contributed by atoms with Crippen molar-refractivity contribution in [3.63, 3.8) is 0 Å². The van der Waals surface area contributed by atoms with Gasteiger partial charge in [-0.05, 0) is 107 Å². The Morgan fingerprint density at radius 1 is 0.756 bits per heavy atom. The van der Waals surface area contributed by atoms with E-state index < -0.39 is 143 Å². The lowest BCUT2D eigenvalue weighted by molar-refractivity contribution is -0.123. The van der Waals surface area contributed by atoms with E-state index in [2.05, 4.69) is 10.3 Å². The maximum Gasteiger partial charge on any atom is 0.472 e. The van der Waals surface area contributed by atoms with Gasteiger partial charge in [0.1, 0.15) is 23.9 Å². The Morgan fingerprint density at radius 2 is 1.33 bits per heavy atom. The highest BCUT2D eigenvalue weighted by Gasteiger charge is 2.65. The van der Waals surface area contributed by atoms with Gasteiger partial charge < -0.3 is 64.1 Å². The zero-order valence-electron chi connectivity index (χ0n) is 53.3. The second-order valence-corrected chi connectivity index (χ2v) is 28.5. The van der Waals surface area contributed by atoms with Crippen LogP contribution in [0, 0.1) is 59.2 Å². The van der Waals surface area contributed by atoms with Crippen LogP contribution >= 0.6 is 7.82 Å². The molecule has 8 rings (SSSR count). The molecule has 28 heteroatoms. The molecule has 0 aliphatic carbocycles. The van der Waals surface area contributed by atoms with Gasteiger partial charge in [-0.25, -0.2) is 9.55 Å². The number of hydrogen-bond acceptors (Lipinski definition) is 18. The van der Waals surface area contributed by atoms with E-state index >= 15 is 0 Å². The zero-order valence-corrected chi connectivity index (χ0v) is 54.2. The third kappa shape index (κ3) is 13.0. The van der Waals surface area contributed by atoms with Gasteiger partial charge in [-0.3, -0.25) is 62.6 Å². The van der Waals surface area contributed by atoms with Gasteiger partial charge in [0.15, 0.2) is 6.23 Å². The molecule has 7 heterocycles. The van der Waals surface area contributed by atoms with Crippen molar-refractivity contribution in [2.24, 2.45) is 99.7 Å². The molecule has 5 unspecified atom stereocenters. The predicted molar refractivity (Wildman–Crippen MR) is 334 cm³/mol. The average molecular weight is 1280 g/mol. The van der Waals surface area contributed by atoms with Crippen molar-refractivity contribution in [2.75, 3.05) is 13.2 Å². The van der Waals surface area contributed by atoms with E-state index in [1.807, 2.05) is 67.5 Å². The number of rotatable bonds is 26. The van der Waals surface area contributed by atoms with Crippen molar-refractivity contribution < 1.29 is 67.0 Å². The van der Waals surface area contributed by atoms with E-state index in [1.54, 1.807) is 18.4 Å². The summed E-state index contributed by atoms with van der Waals surface area (Å²) in [6.07, 6.45) is -5.99. The molecule has 27 nitrogen and oxygen atoms in total. The van der Waals surface area contributed by atoms with E-state index in [4.69, 9.17) is 68.2 Å². The minimum atomic E-state index is -5.07. The molecule has 1 fully saturated rings. The van der Waals surface area contributed by atoms with Gasteiger partial charge in [0.25, 0.3) is 0 Å². The van der Waals surface area contributed by atoms with Crippen LogP contribution in [-0.2, 0) is 51.9 Å². The van der Waals surface area contributed by atoms with Crippen LogP contribution < -0.4 is 39.7 Å². The number of primary amides is 6. The summed E-state index contributed by atoms with van der Waals surface area (Å²) in [5.74, 6) is -7.25. The third-order valence-electron chi connectivity index (χ3n) is 20.7. The number of phosphoric acid groups is 1. The molecule has 1 aromatic carbocycles. The first-order valence-corrected chi connectivity index (χ1v) is 32.1. The van der Waals surface area contributed by atoms with Crippen molar-refractivity contribution in [3.05, 3.63) is 52.1 Å². The molecule has 1 saturated heterocycles. The number of nitrogens with zero attached hydrogens (tertiary/aromatic N) is 6. The number of hydrogen-bond donors (Lipinski definition) is 10. The van der Waals surface area contributed by atoms with Crippen LogP contribution in [0.4, 0.5) is 0 Å². The zero-order chi connectivity index (χ0) is 66.7. The number of phosphoric ester groups is 1. The maximum absolute atomic E-state index is 14.4. The molecule has 2 aromatic rings. The van der Waals surface area contributed by atoms with E-state index in [0.29, 0.717) is 56.4 Å². The predicted octanol–water partition coefficient (Wildman–Crippen LogP) is 3.52. The number of aryl methyl sites for hydroxylation is 2. The first kappa shape index (κ1) is 69.0. The summed E-state index contributed by atoms with van der Waals surface area (Å²) < 4.78 is 32.3. The van der Waals surface area contributed by atoms with Gasteiger partial charge in [-0.2, -0.15) is 0 Å². The van der Waals surface area contributed by atoms with Gasteiger partial charge in [-0.1, -0.05) is 34.6 Å². The second-order valence-electron chi connectivity index (χ2n) is 27.2. The lowest BCUT2D eigenvalue weighted by atomic mass is 9.56. The molecule has 7 amide bonds. The Hall–Kier alpha value is -6.87. The summed E-state index contributed by atoms with van der Waals surface area (Å²) in [7, 11) is -5.07. The SMILES string of the molecule is C/C1=C2/N=C(CC3N=C(/C(C)=C4\N=C(C(CC(N)=O)[C@]4(C)CCC(=O)NCC(C)OP(=O)(O)O[C@H]4[C@@H](O)[C@H](n5[13cH]n[13c]6[13cH][13c](C)[13c](C)[13cH][13c]65)O[C@@H]4CO)[C@]4(C)N=C1[C@@H](CCC(N)=O)[C@]4(C)CC(N)=O)[C@@H](CCC(N)=O)C3(C)C)C(CCC(N)=O)[C@]2(C)CC(N)=O. The number of amides is 7. The Balaban J connectivity index is 1.19. The monoisotopic (exact) mass is 1280 g/mol. The maximum atomic E-state index is 14.4. The van der Waals surface area contributed by atoms with Crippen molar-refractivity contribution in [1.29, 1.82) is 0 Å². The number of aliphatic hydroxyl groups is 2. The quantitative estimate of drug-likeness (QED) is 0.0603. The Labute approximate surface area is 523 Å². The Bertz CT molecular complexity index is 3540. The number of carbonyl (C=O) groups is 7.